The van der Waals surface area contributed by atoms with Crippen molar-refractivity contribution in [1.82, 2.24) is 52.3 Å². The molecule has 0 radical (unpaired) electrons. The molecule has 18 heteroatoms. The van der Waals surface area contributed by atoms with E-state index in [4.69, 9.17) is 4.74 Å². The van der Waals surface area contributed by atoms with E-state index in [9.17, 15) is 33.6 Å². The summed E-state index contributed by atoms with van der Waals surface area (Å²) in [5, 5.41) is 24.4. The molecule has 4 aliphatic heterocycles. The molecule has 2 saturated carbocycles. The lowest BCUT2D eigenvalue weighted by Gasteiger charge is -2.22. The fourth-order valence-corrected chi connectivity index (χ4v) is 10.3. The molecule has 84 heavy (non-hydrogen) atoms. The van der Waals surface area contributed by atoms with Crippen molar-refractivity contribution in [2.24, 2.45) is 65.1 Å². The zero-order valence-corrected chi connectivity index (χ0v) is 54.8. The van der Waals surface area contributed by atoms with Gasteiger partial charge in [0, 0.05) is 100 Å². The van der Waals surface area contributed by atoms with Crippen molar-refractivity contribution in [2.45, 2.75) is 186 Å². The summed E-state index contributed by atoms with van der Waals surface area (Å²) in [6, 6.07) is 10.1. The number of amides is 7. The molecule has 1 aromatic carbocycles. The first kappa shape index (κ1) is 75.3. The van der Waals surface area contributed by atoms with Gasteiger partial charge in [-0.25, -0.2) is 4.79 Å². The first-order valence-electron chi connectivity index (χ1n) is 32.7. The largest absolute Gasteiger partial charge is 0.445 e. The van der Waals surface area contributed by atoms with Crippen molar-refractivity contribution in [3.63, 3.8) is 0 Å². The molecule has 8 N–H and O–H groups in total. The van der Waals surface area contributed by atoms with Crippen LogP contribution in [0.5, 0.6) is 0 Å². The topological polar surface area (TPSA) is 231 Å². The smallest absolute Gasteiger partial charge is 0.410 e. The second-order valence-electron chi connectivity index (χ2n) is 26.3. The van der Waals surface area contributed by atoms with Gasteiger partial charge in [0.2, 0.25) is 35.4 Å². The van der Waals surface area contributed by atoms with E-state index in [-0.39, 0.29) is 77.0 Å². The van der Waals surface area contributed by atoms with Crippen LogP contribution in [0.3, 0.4) is 0 Å². The summed E-state index contributed by atoms with van der Waals surface area (Å²) in [5.41, 5.74) is 0.982. The van der Waals surface area contributed by atoms with E-state index in [1.54, 1.807) is 4.90 Å². The molecular formula is C66H120N10O8. The lowest BCUT2D eigenvalue weighted by atomic mass is 9.89. The molecule has 6 fully saturated rings. The van der Waals surface area contributed by atoms with Gasteiger partial charge in [0.15, 0.2) is 0 Å². The molecule has 2 aliphatic carbocycles. The standard InChI is InChI=1S/C17H24N2O3.C11H21NO.C10H20N2O.C10H19NO.2C9H18N2O/c1-13(2)16(20)18-10-15-8-9-19(11-15)17(21)22-12-14-6-4-3-5-7-14;1-9(2)11(13)12-8-10-6-4-3-5-7-10;1-8(2)10(13)11-6-9-4-5-12(3)7-9;1-8(2)10(12)11-7-9-5-3-4-6-9;1-7(2)9(12)11-6-8-3-4-10-5-8;1-7(2)9(12)11-6-8-4-3-5-10-8/h3-7,13,15H,8-12H2,1-2H3,(H,18,20);9-10H,3-8H2,1-2H3,(H,12,13);8-9H,4-7H2,1-3H3,(H,11,13);8-9H,3-7H2,1-2H3,(H,11,12);2*7-8,10H,3-6H2,1-2H3,(H,11,12)/t15-;;9-;;2*8-/m1.0.00/s1. The Kier molecular flexibility index (Phi) is 39.2. The Balaban J connectivity index is 0.000000351. The third-order valence-corrected chi connectivity index (χ3v) is 16.3. The lowest BCUT2D eigenvalue weighted by Crippen LogP contribution is -2.38. The van der Waals surface area contributed by atoms with E-state index < -0.39 is 0 Å². The molecule has 0 aromatic heterocycles. The SMILES string of the molecule is CC(C)C(=O)NCC1CCCC1.CC(C)C(=O)NCC1CCCCC1.CC(C)C(=O)NC[C@@H]1CCCN1.CC(C)C(=O)NC[C@@H]1CCN(C)C1.CC(C)C(=O)NC[C@H]1CCN(C(=O)OCc2ccccc2)C1.CC(C)C(=O)NC[C@H]1CCNC1. The van der Waals surface area contributed by atoms with Gasteiger partial charge in [-0.15, -0.1) is 0 Å². The minimum absolute atomic E-state index is 0.00616. The molecule has 4 saturated heterocycles. The van der Waals surface area contributed by atoms with Crippen LogP contribution in [0.1, 0.15) is 179 Å². The number of ether oxygens (including phenoxy) is 1. The van der Waals surface area contributed by atoms with Gasteiger partial charge in [-0.3, -0.25) is 28.8 Å². The number of rotatable bonds is 20. The summed E-state index contributed by atoms with van der Waals surface area (Å²) in [6.45, 7) is 35.1. The van der Waals surface area contributed by atoms with E-state index >= 15 is 0 Å². The number of nitrogens with one attached hydrogen (secondary N) is 8. The van der Waals surface area contributed by atoms with E-state index in [1.807, 2.05) is 113 Å². The van der Waals surface area contributed by atoms with Crippen LogP contribution in [-0.2, 0) is 40.1 Å². The molecule has 18 nitrogen and oxygen atoms in total. The fraction of sp³-hybridized carbons (Fsp3) is 0.803. The molecule has 7 rings (SSSR count). The van der Waals surface area contributed by atoms with Crippen molar-refractivity contribution < 1.29 is 38.3 Å². The summed E-state index contributed by atoms with van der Waals surface area (Å²) in [4.78, 5) is 83.7. The Bertz CT molecular complexity index is 1870. The molecule has 6 aliphatic rings. The normalized spacial score (nSPS) is 20.5. The number of nitrogens with zero attached hydrogens (tertiary/aromatic N) is 2. The number of hydrogen-bond donors (Lipinski definition) is 8. The number of carbonyl (C=O) groups is 7. The van der Waals surface area contributed by atoms with Crippen LogP contribution in [0.15, 0.2) is 30.3 Å². The molecule has 482 valence electrons. The van der Waals surface area contributed by atoms with Gasteiger partial charge in [-0.1, -0.05) is 146 Å². The van der Waals surface area contributed by atoms with Gasteiger partial charge in [-0.2, -0.15) is 0 Å². The Labute approximate surface area is 508 Å². The first-order chi connectivity index (χ1) is 39.9. The third-order valence-electron chi connectivity index (χ3n) is 16.3. The molecule has 0 bridgehead atoms. The average molecular weight is 1180 g/mol. The maximum Gasteiger partial charge on any atom is 0.410 e. The van der Waals surface area contributed by atoms with Crippen molar-refractivity contribution in [2.75, 3.05) is 92.1 Å². The fourth-order valence-electron chi connectivity index (χ4n) is 10.3. The summed E-state index contributed by atoms with van der Waals surface area (Å²) in [5.74, 6) is 4.66. The Morgan fingerprint density at radius 3 is 1.25 bits per heavy atom. The minimum Gasteiger partial charge on any atom is -0.445 e. The number of hydrogen-bond acceptors (Lipinski definition) is 11. The van der Waals surface area contributed by atoms with Crippen molar-refractivity contribution >= 4 is 41.5 Å². The number of carbonyl (C=O) groups excluding carboxylic acids is 7. The van der Waals surface area contributed by atoms with Crippen LogP contribution in [-0.4, -0.2) is 150 Å². The predicted molar refractivity (Wildman–Crippen MR) is 340 cm³/mol. The van der Waals surface area contributed by atoms with Gasteiger partial charge in [-0.05, 0) is 126 Å². The monoisotopic (exact) mass is 1180 g/mol. The summed E-state index contributed by atoms with van der Waals surface area (Å²) in [7, 11) is 2.13. The third kappa shape index (κ3) is 35.0. The van der Waals surface area contributed by atoms with E-state index in [0.29, 0.717) is 50.0 Å². The van der Waals surface area contributed by atoms with Crippen molar-refractivity contribution in [3.8, 4) is 0 Å². The minimum atomic E-state index is -0.276. The Morgan fingerprint density at radius 2 is 0.857 bits per heavy atom. The highest BCUT2D eigenvalue weighted by Gasteiger charge is 2.28. The Morgan fingerprint density at radius 1 is 0.452 bits per heavy atom. The zero-order chi connectivity index (χ0) is 62.4. The summed E-state index contributed by atoms with van der Waals surface area (Å²) in [6.07, 6.45) is 17.5. The average Bonchev–Trinajstić information content (AvgIpc) is 4.37. The predicted octanol–water partition coefficient (Wildman–Crippen LogP) is 8.29. The Hall–Kier alpha value is -4.81. The molecule has 4 atom stereocenters. The van der Waals surface area contributed by atoms with E-state index in [0.717, 1.165) is 82.7 Å². The zero-order valence-electron chi connectivity index (χ0n) is 54.8. The number of benzene rings is 1. The summed E-state index contributed by atoms with van der Waals surface area (Å²) < 4.78 is 5.32. The quantitative estimate of drug-likeness (QED) is 0.0619. The highest BCUT2D eigenvalue weighted by molar-refractivity contribution is 5.79. The van der Waals surface area contributed by atoms with Crippen LogP contribution in [0.4, 0.5) is 4.79 Å². The van der Waals surface area contributed by atoms with Crippen LogP contribution < -0.4 is 42.5 Å². The van der Waals surface area contributed by atoms with Gasteiger partial charge in [0.1, 0.15) is 6.61 Å². The van der Waals surface area contributed by atoms with E-state index in [1.165, 1.54) is 90.0 Å². The number of likely N-dealkylation sites (tertiary alicyclic amines) is 2. The van der Waals surface area contributed by atoms with Crippen molar-refractivity contribution in [3.05, 3.63) is 35.9 Å². The maximum absolute atomic E-state index is 12.0. The van der Waals surface area contributed by atoms with Crippen molar-refractivity contribution in [1.29, 1.82) is 0 Å². The van der Waals surface area contributed by atoms with Crippen LogP contribution in [0.2, 0.25) is 0 Å². The first-order valence-corrected chi connectivity index (χ1v) is 32.7. The second kappa shape index (κ2) is 43.8. The molecule has 0 spiro atoms. The van der Waals surface area contributed by atoms with Crippen LogP contribution in [0.25, 0.3) is 0 Å². The summed E-state index contributed by atoms with van der Waals surface area (Å²) >= 11 is 0. The highest BCUT2D eigenvalue weighted by atomic mass is 16.6. The van der Waals surface area contributed by atoms with Crippen LogP contribution >= 0.6 is 0 Å². The molecule has 7 amide bonds. The van der Waals surface area contributed by atoms with Gasteiger partial charge in [0.05, 0.1) is 0 Å². The van der Waals surface area contributed by atoms with Gasteiger partial charge < -0.3 is 57.1 Å². The van der Waals surface area contributed by atoms with Gasteiger partial charge in [0.25, 0.3) is 0 Å². The molecular weight excluding hydrogens is 1060 g/mol. The lowest BCUT2D eigenvalue weighted by molar-refractivity contribution is -0.125. The maximum atomic E-state index is 12.0. The molecule has 4 heterocycles. The van der Waals surface area contributed by atoms with E-state index in [2.05, 4.69) is 54.5 Å². The van der Waals surface area contributed by atoms with Crippen LogP contribution in [0, 0.1) is 65.1 Å². The highest BCUT2D eigenvalue weighted by Crippen LogP contribution is 2.24. The van der Waals surface area contributed by atoms with Gasteiger partial charge >= 0.3 is 6.09 Å². The molecule has 0 unspecified atom stereocenters. The second-order valence-corrected chi connectivity index (χ2v) is 26.3. The molecule has 1 aromatic rings.